The van der Waals surface area contributed by atoms with Gasteiger partial charge in [0.25, 0.3) is 5.91 Å². The molecule has 1 heterocycles. The van der Waals surface area contributed by atoms with Crippen LogP contribution < -0.4 is 10.9 Å². The zero-order valence-electron chi connectivity index (χ0n) is 10.8. The minimum absolute atomic E-state index is 0.0857. The van der Waals surface area contributed by atoms with E-state index in [4.69, 9.17) is 0 Å². The Morgan fingerprint density at radius 1 is 1.26 bits per heavy atom. The number of hydrogen-bond acceptors (Lipinski definition) is 2. The molecular weight excluding hydrogens is 242 g/mol. The van der Waals surface area contributed by atoms with Crippen LogP contribution in [0.5, 0.6) is 0 Å². The van der Waals surface area contributed by atoms with Gasteiger partial charge in [0.2, 0.25) is 5.91 Å². The molecule has 102 valence electrons. The van der Waals surface area contributed by atoms with Crippen molar-refractivity contribution in [1.82, 2.24) is 15.8 Å². The predicted molar refractivity (Wildman–Crippen MR) is 70.0 cm³/mol. The van der Waals surface area contributed by atoms with E-state index in [9.17, 15) is 9.59 Å². The lowest BCUT2D eigenvalue weighted by Crippen LogP contribution is -2.42. The van der Waals surface area contributed by atoms with Gasteiger partial charge in [-0.15, -0.1) is 0 Å². The van der Waals surface area contributed by atoms with Crippen molar-refractivity contribution >= 4 is 11.8 Å². The average Bonchev–Trinajstić information content (AvgIpc) is 3.12. The second-order valence-electron chi connectivity index (χ2n) is 5.73. The highest BCUT2D eigenvalue weighted by Gasteiger charge is 2.40. The molecule has 1 aromatic heterocycles. The molecule has 0 unspecified atom stereocenters. The fourth-order valence-corrected chi connectivity index (χ4v) is 3.58. The molecule has 2 aliphatic rings. The summed E-state index contributed by atoms with van der Waals surface area (Å²) in [7, 11) is 0. The third-order valence-electron chi connectivity index (χ3n) is 4.49. The SMILES string of the molecule is O=C(C[C@H]1C[C@H]2CC[C@@H]1C2)NNC(=O)c1ccc[nH]1. The molecule has 0 aliphatic heterocycles. The van der Waals surface area contributed by atoms with Crippen molar-refractivity contribution in [3.05, 3.63) is 24.0 Å². The topological polar surface area (TPSA) is 74.0 Å². The van der Waals surface area contributed by atoms with Crippen molar-refractivity contribution < 1.29 is 9.59 Å². The molecule has 2 aliphatic carbocycles. The molecule has 0 radical (unpaired) electrons. The Morgan fingerprint density at radius 2 is 2.16 bits per heavy atom. The van der Waals surface area contributed by atoms with Crippen molar-refractivity contribution in [2.24, 2.45) is 17.8 Å². The third kappa shape index (κ3) is 2.64. The van der Waals surface area contributed by atoms with E-state index in [0.29, 0.717) is 18.0 Å². The first-order chi connectivity index (χ1) is 9.22. The van der Waals surface area contributed by atoms with Gasteiger partial charge in [0.1, 0.15) is 5.69 Å². The number of H-pyrrole nitrogens is 1. The fourth-order valence-electron chi connectivity index (χ4n) is 3.58. The lowest BCUT2D eigenvalue weighted by atomic mass is 9.86. The summed E-state index contributed by atoms with van der Waals surface area (Å²) < 4.78 is 0. The van der Waals surface area contributed by atoms with Gasteiger partial charge in [0.15, 0.2) is 0 Å². The van der Waals surface area contributed by atoms with Gasteiger partial charge in [-0.1, -0.05) is 6.42 Å². The summed E-state index contributed by atoms with van der Waals surface area (Å²) in [5, 5.41) is 0. The molecule has 2 bridgehead atoms. The molecule has 19 heavy (non-hydrogen) atoms. The van der Waals surface area contributed by atoms with Gasteiger partial charge >= 0.3 is 0 Å². The van der Waals surface area contributed by atoms with E-state index in [-0.39, 0.29) is 11.8 Å². The number of rotatable bonds is 3. The fraction of sp³-hybridized carbons (Fsp3) is 0.571. The van der Waals surface area contributed by atoms with Crippen LogP contribution in [0.25, 0.3) is 0 Å². The molecule has 2 amide bonds. The van der Waals surface area contributed by atoms with Gasteiger partial charge < -0.3 is 4.98 Å². The summed E-state index contributed by atoms with van der Waals surface area (Å²) in [6.45, 7) is 0. The zero-order chi connectivity index (χ0) is 13.2. The molecule has 3 rings (SSSR count). The Bertz CT molecular complexity index is 469. The number of aromatic amines is 1. The minimum atomic E-state index is -0.314. The van der Waals surface area contributed by atoms with E-state index in [2.05, 4.69) is 15.8 Å². The number of hydrazine groups is 1. The van der Waals surface area contributed by atoms with Crippen molar-refractivity contribution in [1.29, 1.82) is 0 Å². The van der Waals surface area contributed by atoms with E-state index >= 15 is 0 Å². The summed E-state index contributed by atoms with van der Waals surface area (Å²) in [4.78, 5) is 26.2. The largest absolute Gasteiger partial charge is 0.357 e. The number of hydrogen-bond donors (Lipinski definition) is 3. The van der Waals surface area contributed by atoms with Crippen molar-refractivity contribution in [3.8, 4) is 0 Å². The summed E-state index contributed by atoms with van der Waals surface area (Å²) in [6, 6.07) is 3.41. The Balaban J connectivity index is 1.43. The van der Waals surface area contributed by atoms with Crippen LogP contribution >= 0.6 is 0 Å². The molecular formula is C14H19N3O2. The molecule has 3 atom stereocenters. The van der Waals surface area contributed by atoms with E-state index < -0.39 is 0 Å². The van der Waals surface area contributed by atoms with E-state index in [1.165, 1.54) is 25.7 Å². The Kier molecular flexibility index (Phi) is 3.27. The van der Waals surface area contributed by atoms with Gasteiger partial charge in [-0.05, 0) is 49.1 Å². The quantitative estimate of drug-likeness (QED) is 0.723. The highest BCUT2D eigenvalue weighted by molar-refractivity contribution is 5.93. The van der Waals surface area contributed by atoms with Gasteiger partial charge in [0, 0.05) is 12.6 Å². The number of nitrogens with one attached hydrogen (secondary N) is 3. The minimum Gasteiger partial charge on any atom is -0.357 e. The van der Waals surface area contributed by atoms with Crippen LogP contribution in [0.2, 0.25) is 0 Å². The number of aromatic nitrogens is 1. The molecule has 1 aromatic rings. The number of amides is 2. The second-order valence-corrected chi connectivity index (χ2v) is 5.73. The first kappa shape index (κ1) is 12.3. The first-order valence-electron chi connectivity index (χ1n) is 6.95. The monoisotopic (exact) mass is 261 g/mol. The molecule has 0 aromatic carbocycles. The highest BCUT2D eigenvalue weighted by atomic mass is 16.2. The third-order valence-corrected chi connectivity index (χ3v) is 4.49. The van der Waals surface area contributed by atoms with Gasteiger partial charge in [-0.2, -0.15) is 0 Å². The van der Waals surface area contributed by atoms with Crippen LogP contribution in [0.4, 0.5) is 0 Å². The predicted octanol–water partition coefficient (Wildman–Crippen LogP) is 1.60. The van der Waals surface area contributed by atoms with Crippen LogP contribution in [0.3, 0.4) is 0 Å². The standard InChI is InChI=1S/C14H19N3O2/c18-13(8-11-7-9-3-4-10(11)6-9)16-17-14(19)12-2-1-5-15-12/h1-2,5,9-11,15H,3-4,6-8H2,(H,16,18)(H,17,19)/t9-,10+,11+/m0/s1. The molecule has 5 heteroatoms. The maximum Gasteiger partial charge on any atom is 0.286 e. The maximum atomic E-state index is 11.8. The Morgan fingerprint density at radius 3 is 2.79 bits per heavy atom. The Labute approximate surface area is 112 Å². The van der Waals surface area contributed by atoms with Gasteiger partial charge in [0.05, 0.1) is 0 Å². The van der Waals surface area contributed by atoms with Crippen molar-refractivity contribution in [2.75, 3.05) is 0 Å². The van der Waals surface area contributed by atoms with E-state index in [1.54, 1.807) is 18.3 Å². The van der Waals surface area contributed by atoms with E-state index in [1.807, 2.05) is 0 Å². The van der Waals surface area contributed by atoms with Gasteiger partial charge in [-0.3, -0.25) is 20.4 Å². The normalized spacial score (nSPS) is 28.3. The summed E-state index contributed by atoms with van der Waals surface area (Å²) in [5.41, 5.74) is 5.38. The van der Waals surface area contributed by atoms with Crippen LogP contribution in [0.1, 0.15) is 42.6 Å². The second kappa shape index (κ2) is 5.07. The van der Waals surface area contributed by atoms with Crippen molar-refractivity contribution in [2.45, 2.75) is 32.1 Å². The number of fused-ring (bicyclic) bond motifs is 2. The van der Waals surface area contributed by atoms with Gasteiger partial charge in [-0.25, -0.2) is 0 Å². The molecule has 0 saturated heterocycles. The summed E-state index contributed by atoms with van der Waals surface area (Å²) in [5.74, 6) is 1.69. The lowest BCUT2D eigenvalue weighted by molar-refractivity contribution is -0.123. The zero-order valence-corrected chi connectivity index (χ0v) is 10.8. The number of carbonyl (C=O) groups excluding carboxylic acids is 2. The smallest absolute Gasteiger partial charge is 0.286 e. The molecule has 2 fully saturated rings. The van der Waals surface area contributed by atoms with E-state index in [0.717, 1.165) is 11.8 Å². The van der Waals surface area contributed by atoms with Crippen LogP contribution in [0.15, 0.2) is 18.3 Å². The van der Waals surface area contributed by atoms with Crippen LogP contribution in [0, 0.1) is 17.8 Å². The molecule has 5 nitrogen and oxygen atoms in total. The van der Waals surface area contributed by atoms with Crippen molar-refractivity contribution in [3.63, 3.8) is 0 Å². The summed E-state index contributed by atoms with van der Waals surface area (Å²) in [6.07, 6.45) is 7.30. The summed E-state index contributed by atoms with van der Waals surface area (Å²) >= 11 is 0. The molecule has 3 N–H and O–H groups in total. The highest BCUT2D eigenvalue weighted by Crippen LogP contribution is 2.49. The van der Waals surface area contributed by atoms with Crippen LogP contribution in [-0.2, 0) is 4.79 Å². The van der Waals surface area contributed by atoms with Crippen LogP contribution in [-0.4, -0.2) is 16.8 Å². The Hall–Kier alpha value is -1.78. The molecule has 0 spiro atoms. The number of carbonyl (C=O) groups is 2. The maximum absolute atomic E-state index is 11.8. The lowest BCUT2D eigenvalue weighted by Gasteiger charge is -2.20. The molecule has 2 saturated carbocycles. The average molecular weight is 261 g/mol. The first-order valence-corrected chi connectivity index (χ1v) is 6.95.